The van der Waals surface area contributed by atoms with Gasteiger partial charge in [0.05, 0.1) is 12.2 Å². The van der Waals surface area contributed by atoms with Crippen LogP contribution in [0.2, 0.25) is 0 Å². The highest BCUT2D eigenvalue weighted by Gasteiger charge is 2.19. The quantitative estimate of drug-likeness (QED) is 0.753. The summed E-state index contributed by atoms with van der Waals surface area (Å²) in [5, 5.41) is 2.74. The first-order valence-corrected chi connectivity index (χ1v) is 8.52. The van der Waals surface area contributed by atoms with Crippen molar-refractivity contribution in [3.63, 3.8) is 0 Å². The number of benzene rings is 2. The smallest absolute Gasteiger partial charge is 0.338 e. The Balaban J connectivity index is 1.50. The van der Waals surface area contributed by atoms with E-state index in [4.69, 9.17) is 18.9 Å². The van der Waals surface area contributed by atoms with E-state index in [1.165, 1.54) is 6.92 Å². The molecule has 1 heterocycles. The summed E-state index contributed by atoms with van der Waals surface area (Å²) < 4.78 is 20.8. The van der Waals surface area contributed by atoms with Gasteiger partial charge in [-0.2, -0.15) is 0 Å². The molecule has 1 amide bonds. The molecule has 0 saturated carbocycles. The summed E-state index contributed by atoms with van der Waals surface area (Å²) in [5.74, 6) is 0.406. The van der Waals surface area contributed by atoms with Crippen molar-refractivity contribution >= 4 is 11.9 Å². The van der Waals surface area contributed by atoms with Gasteiger partial charge in [-0.05, 0) is 42.3 Å². The van der Waals surface area contributed by atoms with E-state index in [1.807, 2.05) is 6.07 Å². The van der Waals surface area contributed by atoms with E-state index in [2.05, 4.69) is 5.32 Å². The third kappa shape index (κ3) is 4.77. The zero-order chi connectivity index (χ0) is 19.2. The number of amides is 1. The molecule has 142 valence electrons. The Kier molecular flexibility index (Phi) is 5.93. The minimum atomic E-state index is -0.912. The molecule has 3 rings (SSSR count). The van der Waals surface area contributed by atoms with Crippen molar-refractivity contribution < 1.29 is 28.5 Å². The lowest BCUT2D eigenvalue weighted by molar-refractivity contribution is -0.129. The number of nitrogens with one attached hydrogen (secondary N) is 1. The van der Waals surface area contributed by atoms with E-state index in [0.717, 1.165) is 11.1 Å². The van der Waals surface area contributed by atoms with Gasteiger partial charge in [0.15, 0.2) is 17.6 Å². The molecular formula is C20H21NO6. The maximum Gasteiger partial charge on any atom is 0.338 e. The number of rotatable bonds is 7. The predicted octanol–water partition coefficient (Wildman–Crippen LogP) is 2.42. The molecule has 0 fully saturated rings. The van der Waals surface area contributed by atoms with E-state index >= 15 is 0 Å². The molecule has 0 bridgehead atoms. The normalized spacial score (nSPS) is 13.1. The Morgan fingerprint density at radius 3 is 2.52 bits per heavy atom. The van der Waals surface area contributed by atoms with Gasteiger partial charge in [-0.25, -0.2) is 4.79 Å². The molecule has 1 aliphatic rings. The first kappa shape index (κ1) is 18.7. The predicted molar refractivity (Wildman–Crippen MR) is 96.4 cm³/mol. The Bertz CT molecular complexity index is 818. The molecule has 2 aromatic carbocycles. The Labute approximate surface area is 157 Å². The van der Waals surface area contributed by atoms with E-state index < -0.39 is 12.1 Å². The SMILES string of the molecule is COCc1ccc(C(=O)O[C@@H](C)C(=O)NCc2ccc3c(c2)OCO3)cc1. The summed E-state index contributed by atoms with van der Waals surface area (Å²) in [6.45, 7) is 2.49. The molecule has 1 atom stereocenters. The van der Waals surface area contributed by atoms with Crippen LogP contribution in [0, 0.1) is 0 Å². The van der Waals surface area contributed by atoms with Crippen LogP contribution < -0.4 is 14.8 Å². The minimum Gasteiger partial charge on any atom is -0.454 e. The second kappa shape index (κ2) is 8.55. The lowest BCUT2D eigenvalue weighted by atomic mass is 10.1. The molecule has 0 spiro atoms. The first-order chi connectivity index (χ1) is 13.1. The van der Waals surface area contributed by atoms with Crippen LogP contribution >= 0.6 is 0 Å². The van der Waals surface area contributed by atoms with Gasteiger partial charge < -0.3 is 24.3 Å². The molecule has 2 aromatic rings. The van der Waals surface area contributed by atoms with Crippen molar-refractivity contribution in [2.75, 3.05) is 13.9 Å². The van der Waals surface area contributed by atoms with Crippen LogP contribution in [0.25, 0.3) is 0 Å². The van der Waals surface area contributed by atoms with Crippen molar-refractivity contribution in [1.82, 2.24) is 5.32 Å². The third-order valence-electron chi connectivity index (χ3n) is 4.06. The summed E-state index contributed by atoms with van der Waals surface area (Å²) in [4.78, 5) is 24.4. The molecule has 7 heteroatoms. The Morgan fingerprint density at radius 1 is 1.07 bits per heavy atom. The van der Waals surface area contributed by atoms with Gasteiger partial charge in [-0.1, -0.05) is 18.2 Å². The maximum absolute atomic E-state index is 12.2. The number of hydrogen-bond acceptors (Lipinski definition) is 6. The average molecular weight is 371 g/mol. The summed E-state index contributed by atoms with van der Waals surface area (Å²) in [6.07, 6.45) is -0.912. The highest BCUT2D eigenvalue weighted by molar-refractivity contribution is 5.92. The third-order valence-corrected chi connectivity index (χ3v) is 4.06. The van der Waals surface area contributed by atoms with Crippen molar-refractivity contribution in [3.05, 3.63) is 59.2 Å². The van der Waals surface area contributed by atoms with Gasteiger partial charge >= 0.3 is 5.97 Å². The molecule has 0 radical (unpaired) electrons. The van der Waals surface area contributed by atoms with Gasteiger partial charge in [0.2, 0.25) is 6.79 Å². The van der Waals surface area contributed by atoms with Gasteiger partial charge in [0.25, 0.3) is 5.91 Å². The van der Waals surface area contributed by atoms with Crippen molar-refractivity contribution in [2.45, 2.75) is 26.2 Å². The molecule has 7 nitrogen and oxygen atoms in total. The summed E-state index contributed by atoms with van der Waals surface area (Å²) in [5.41, 5.74) is 2.19. The van der Waals surface area contributed by atoms with Crippen molar-refractivity contribution in [2.24, 2.45) is 0 Å². The van der Waals surface area contributed by atoms with Crippen molar-refractivity contribution in [3.8, 4) is 11.5 Å². The van der Waals surface area contributed by atoms with Crippen LogP contribution in [0.5, 0.6) is 11.5 Å². The molecular weight excluding hydrogens is 350 g/mol. The average Bonchev–Trinajstić information content (AvgIpc) is 3.14. The molecule has 0 aromatic heterocycles. The summed E-state index contributed by atoms with van der Waals surface area (Å²) >= 11 is 0. The first-order valence-electron chi connectivity index (χ1n) is 8.52. The zero-order valence-corrected chi connectivity index (χ0v) is 15.2. The van der Waals surface area contributed by atoms with Crippen LogP contribution in [0.3, 0.4) is 0 Å². The molecule has 1 N–H and O–H groups in total. The van der Waals surface area contributed by atoms with E-state index in [9.17, 15) is 9.59 Å². The number of methoxy groups -OCH3 is 1. The van der Waals surface area contributed by atoms with E-state index in [0.29, 0.717) is 30.2 Å². The number of hydrogen-bond donors (Lipinski definition) is 1. The van der Waals surface area contributed by atoms with Gasteiger partial charge in [-0.15, -0.1) is 0 Å². The van der Waals surface area contributed by atoms with E-state index in [-0.39, 0.29) is 12.7 Å². The van der Waals surface area contributed by atoms with E-state index in [1.54, 1.807) is 43.5 Å². The van der Waals surface area contributed by atoms with Crippen LogP contribution in [0.15, 0.2) is 42.5 Å². The topological polar surface area (TPSA) is 83.1 Å². The number of ether oxygens (including phenoxy) is 4. The van der Waals surface area contributed by atoms with Crippen LogP contribution in [0.4, 0.5) is 0 Å². The second-order valence-electron chi connectivity index (χ2n) is 6.08. The fourth-order valence-corrected chi connectivity index (χ4v) is 2.57. The summed E-state index contributed by atoms with van der Waals surface area (Å²) in [7, 11) is 1.60. The maximum atomic E-state index is 12.2. The molecule has 0 saturated heterocycles. The molecule has 1 aliphatic heterocycles. The Morgan fingerprint density at radius 2 is 1.78 bits per heavy atom. The molecule has 0 aliphatic carbocycles. The van der Waals surface area contributed by atoms with Gasteiger partial charge in [-0.3, -0.25) is 4.79 Å². The minimum absolute atomic E-state index is 0.199. The van der Waals surface area contributed by atoms with Crippen LogP contribution in [-0.4, -0.2) is 31.9 Å². The van der Waals surface area contributed by atoms with Crippen LogP contribution in [0.1, 0.15) is 28.4 Å². The number of carbonyl (C=O) groups excluding carboxylic acids is 2. The van der Waals surface area contributed by atoms with Gasteiger partial charge in [0.1, 0.15) is 0 Å². The largest absolute Gasteiger partial charge is 0.454 e. The molecule has 27 heavy (non-hydrogen) atoms. The van der Waals surface area contributed by atoms with Crippen molar-refractivity contribution in [1.29, 1.82) is 0 Å². The number of fused-ring (bicyclic) bond motifs is 1. The number of carbonyl (C=O) groups is 2. The zero-order valence-electron chi connectivity index (χ0n) is 15.2. The Hall–Kier alpha value is -3.06. The number of esters is 1. The fraction of sp³-hybridized carbons (Fsp3) is 0.300. The molecule has 0 unspecified atom stereocenters. The van der Waals surface area contributed by atoms with Gasteiger partial charge in [0, 0.05) is 13.7 Å². The summed E-state index contributed by atoms with van der Waals surface area (Å²) in [6, 6.07) is 12.3. The second-order valence-corrected chi connectivity index (χ2v) is 6.08. The highest BCUT2D eigenvalue weighted by atomic mass is 16.7. The fourth-order valence-electron chi connectivity index (χ4n) is 2.57. The highest BCUT2D eigenvalue weighted by Crippen LogP contribution is 2.32. The standard InChI is InChI=1S/C20H21NO6/c1-13(27-20(23)16-6-3-14(4-7-16)11-24-2)19(22)21-10-15-5-8-17-18(9-15)26-12-25-17/h3-9,13H,10-12H2,1-2H3,(H,21,22)/t13-/m0/s1. The lowest BCUT2D eigenvalue weighted by Gasteiger charge is -2.14. The monoisotopic (exact) mass is 371 g/mol. The van der Waals surface area contributed by atoms with Crippen LogP contribution in [-0.2, 0) is 27.4 Å². The lowest BCUT2D eigenvalue weighted by Crippen LogP contribution is -2.35.